The van der Waals surface area contributed by atoms with E-state index in [0.717, 1.165) is 6.42 Å². The number of hydrogen-bond donors (Lipinski definition) is 1. The van der Waals surface area contributed by atoms with Gasteiger partial charge in [0.2, 0.25) is 0 Å². The van der Waals surface area contributed by atoms with Crippen LogP contribution < -0.4 is 10.6 Å². The lowest BCUT2D eigenvalue weighted by molar-refractivity contribution is 0.517. The highest BCUT2D eigenvalue weighted by molar-refractivity contribution is 5.54. The van der Waals surface area contributed by atoms with Gasteiger partial charge in [0.1, 0.15) is 0 Å². The number of rotatable bonds is 3. The maximum atomic E-state index is 6.06. The molecule has 1 rings (SSSR count). The van der Waals surface area contributed by atoms with Gasteiger partial charge in [-0.25, -0.2) is 0 Å². The molecule has 0 aromatic heterocycles. The minimum atomic E-state index is -0.153. The first kappa shape index (κ1) is 12.1. The fourth-order valence-electron chi connectivity index (χ4n) is 1.73. The second-order valence-electron chi connectivity index (χ2n) is 5.19. The third-order valence-corrected chi connectivity index (χ3v) is 2.37. The van der Waals surface area contributed by atoms with Gasteiger partial charge in [-0.05, 0) is 44.4 Å². The summed E-state index contributed by atoms with van der Waals surface area (Å²) in [6.07, 6.45) is 0.904. The van der Waals surface area contributed by atoms with Crippen LogP contribution in [0.3, 0.4) is 0 Å². The van der Waals surface area contributed by atoms with Crippen molar-refractivity contribution < 1.29 is 0 Å². The summed E-state index contributed by atoms with van der Waals surface area (Å²) in [6.45, 7) is 6.24. The lowest BCUT2D eigenvalue weighted by atomic mass is 9.94. The van der Waals surface area contributed by atoms with Gasteiger partial charge in [-0.15, -0.1) is 0 Å². The molecule has 0 saturated carbocycles. The van der Waals surface area contributed by atoms with Crippen LogP contribution in [-0.2, 0) is 6.42 Å². The van der Waals surface area contributed by atoms with Gasteiger partial charge in [0.15, 0.2) is 0 Å². The monoisotopic (exact) mass is 206 g/mol. The highest BCUT2D eigenvalue weighted by Gasteiger charge is 2.15. The zero-order valence-corrected chi connectivity index (χ0v) is 10.5. The Labute approximate surface area is 93.1 Å². The normalized spacial score (nSPS) is 11.6. The van der Waals surface area contributed by atoms with Crippen LogP contribution in [0.25, 0.3) is 0 Å². The molecular formula is C13H22N2. The number of anilines is 1. The van der Waals surface area contributed by atoms with Crippen LogP contribution in [0.4, 0.5) is 5.69 Å². The summed E-state index contributed by atoms with van der Waals surface area (Å²) in [5.41, 5.74) is 9.78. The largest absolute Gasteiger partial charge is 0.377 e. The van der Waals surface area contributed by atoms with E-state index >= 15 is 0 Å². The van der Waals surface area contributed by atoms with E-state index in [4.69, 9.17) is 5.73 Å². The molecule has 2 heteroatoms. The lowest BCUT2D eigenvalue weighted by Crippen LogP contribution is -2.35. The number of nitrogens with zero attached hydrogens (tertiary/aromatic N) is 1. The van der Waals surface area contributed by atoms with Crippen molar-refractivity contribution in [3.8, 4) is 0 Å². The van der Waals surface area contributed by atoms with E-state index in [-0.39, 0.29) is 5.54 Å². The molecule has 1 aromatic rings. The Balaban J connectivity index is 3.06. The first-order valence-electron chi connectivity index (χ1n) is 5.35. The molecule has 0 aliphatic heterocycles. The van der Waals surface area contributed by atoms with Gasteiger partial charge < -0.3 is 10.6 Å². The molecule has 0 saturated heterocycles. The molecule has 2 nitrogen and oxygen atoms in total. The molecule has 0 radical (unpaired) electrons. The summed E-state index contributed by atoms with van der Waals surface area (Å²) in [5.74, 6) is 0. The third-order valence-electron chi connectivity index (χ3n) is 2.37. The van der Waals surface area contributed by atoms with E-state index in [1.807, 2.05) is 0 Å². The van der Waals surface area contributed by atoms with Crippen LogP contribution in [-0.4, -0.2) is 19.6 Å². The summed E-state index contributed by atoms with van der Waals surface area (Å²) in [7, 11) is 4.14. The molecule has 0 heterocycles. The van der Waals surface area contributed by atoms with E-state index in [0.29, 0.717) is 0 Å². The third kappa shape index (κ3) is 3.56. The molecule has 1 aromatic carbocycles. The minimum absolute atomic E-state index is 0.153. The predicted octanol–water partition coefficient (Wildman–Crippen LogP) is 2.34. The Morgan fingerprint density at radius 1 is 1.27 bits per heavy atom. The first-order chi connectivity index (χ1) is 6.79. The Bertz CT molecular complexity index is 335. The molecule has 0 aliphatic rings. The first-order valence-corrected chi connectivity index (χ1v) is 5.35. The Hall–Kier alpha value is -1.02. The number of nitrogens with two attached hydrogens (primary N) is 1. The fraction of sp³-hybridized carbons (Fsp3) is 0.538. The van der Waals surface area contributed by atoms with E-state index < -0.39 is 0 Å². The van der Waals surface area contributed by atoms with Crippen LogP contribution in [0.15, 0.2) is 18.2 Å². The highest BCUT2D eigenvalue weighted by atomic mass is 15.1. The predicted molar refractivity (Wildman–Crippen MR) is 67.5 cm³/mol. The number of aryl methyl sites for hydroxylation is 1. The summed E-state index contributed by atoms with van der Waals surface area (Å²) >= 11 is 0. The molecule has 0 atom stereocenters. The van der Waals surface area contributed by atoms with Gasteiger partial charge in [-0.3, -0.25) is 0 Å². The standard InChI is InChI=1S/C13H22N2/c1-10-6-7-11(9-13(2,3)14)12(8-10)15(4)5/h6-8H,9,14H2,1-5H3. The van der Waals surface area contributed by atoms with Crippen molar-refractivity contribution in [3.63, 3.8) is 0 Å². The van der Waals surface area contributed by atoms with Crippen molar-refractivity contribution in [2.24, 2.45) is 5.73 Å². The molecule has 15 heavy (non-hydrogen) atoms. The summed E-state index contributed by atoms with van der Waals surface area (Å²) in [5, 5.41) is 0. The minimum Gasteiger partial charge on any atom is -0.377 e. The topological polar surface area (TPSA) is 29.3 Å². The number of hydrogen-bond acceptors (Lipinski definition) is 2. The Morgan fingerprint density at radius 3 is 2.33 bits per heavy atom. The summed E-state index contributed by atoms with van der Waals surface area (Å²) < 4.78 is 0. The van der Waals surface area contributed by atoms with Gasteiger partial charge in [-0.1, -0.05) is 12.1 Å². The van der Waals surface area contributed by atoms with E-state index in [9.17, 15) is 0 Å². The van der Waals surface area contributed by atoms with E-state index in [2.05, 4.69) is 58.0 Å². The maximum Gasteiger partial charge on any atom is 0.0396 e. The van der Waals surface area contributed by atoms with E-state index in [1.54, 1.807) is 0 Å². The van der Waals surface area contributed by atoms with Crippen LogP contribution in [0, 0.1) is 6.92 Å². The smallest absolute Gasteiger partial charge is 0.0396 e. The van der Waals surface area contributed by atoms with Gasteiger partial charge in [0.05, 0.1) is 0 Å². The number of benzene rings is 1. The molecule has 0 unspecified atom stereocenters. The van der Waals surface area contributed by atoms with Crippen molar-refractivity contribution >= 4 is 5.69 Å². The molecule has 84 valence electrons. The van der Waals surface area contributed by atoms with Crippen LogP contribution in [0.1, 0.15) is 25.0 Å². The summed E-state index contributed by atoms with van der Waals surface area (Å²) in [4.78, 5) is 2.15. The molecule has 2 N–H and O–H groups in total. The SMILES string of the molecule is Cc1ccc(CC(C)(C)N)c(N(C)C)c1. The lowest BCUT2D eigenvalue weighted by Gasteiger charge is -2.24. The van der Waals surface area contributed by atoms with Gasteiger partial charge in [0, 0.05) is 25.3 Å². The molecule has 0 amide bonds. The van der Waals surface area contributed by atoms with Crippen molar-refractivity contribution in [3.05, 3.63) is 29.3 Å². The average molecular weight is 206 g/mol. The molecule has 0 aliphatic carbocycles. The molecule has 0 spiro atoms. The van der Waals surface area contributed by atoms with Crippen LogP contribution >= 0.6 is 0 Å². The molecular weight excluding hydrogens is 184 g/mol. The van der Waals surface area contributed by atoms with Gasteiger partial charge >= 0.3 is 0 Å². The van der Waals surface area contributed by atoms with E-state index in [1.165, 1.54) is 16.8 Å². The zero-order chi connectivity index (χ0) is 11.6. The zero-order valence-electron chi connectivity index (χ0n) is 10.5. The fourth-order valence-corrected chi connectivity index (χ4v) is 1.73. The van der Waals surface area contributed by atoms with Crippen LogP contribution in [0.5, 0.6) is 0 Å². The second-order valence-corrected chi connectivity index (χ2v) is 5.19. The van der Waals surface area contributed by atoms with Gasteiger partial charge in [-0.2, -0.15) is 0 Å². The maximum absolute atomic E-state index is 6.06. The van der Waals surface area contributed by atoms with Crippen molar-refractivity contribution in [2.75, 3.05) is 19.0 Å². The second kappa shape index (κ2) is 4.23. The van der Waals surface area contributed by atoms with Crippen molar-refractivity contribution in [1.82, 2.24) is 0 Å². The molecule has 0 fully saturated rings. The quantitative estimate of drug-likeness (QED) is 0.822. The van der Waals surface area contributed by atoms with Crippen molar-refractivity contribution in [1.29, 1.82) is 0 Å². The van der Waals surface area contributed by atoms with Crippen LogP contribution in [0.2, 0.25) is 0 Å². The average Bonchev–Trinajstić information content (AvgIpc) is 2.05. The Kier molecular flexibility index (Phi) is 3.40. The van der Waals surface area contributed by atoms with Gasteiger partial charge in [0.25, 0.3) is 0 Å². The van der Waals surface area contributed by atoms with Crippen molar-refractivity contribution in [2.45, 2.75) is 32.7 Å². The summed E-state index contributed by atoms with van der Waals surface area (Å²) in [6, 6.07) is 6.54. The highest BCUT2D eigenvalue weighted by Crippen LogP contribution is 2.23. The Morgan fingerprint density at radius 2 is 1.87 bits per heavy atom. The molecule has 0 bridgehead atoms.